The zero-order valence-corrected chi connectivity index (χ0v) is 15.4. The molecule has 0 spiro atoms. The number of pyridine rings is 1. The van der Waals surface area contributed by atoms with Crippen LogP contribution in [0.1, 0.15) is 0 Å². The van der Waals surface area contributed by atoms with Crippen molar-refractivity contribution in [2.75, 3.05) is 31.4 Å². The van der Waals surface area contributed by atoms with E-state index < -0.39 is 0 Å². The summed E-state index contributed by atoms with van der Waals surface area (Å²) in [5, 5.41) is 3.27. The molecule has 136 valence electrons. The van der Waals surface area contributed by atoms with E-state index in [9.17, 15) is 0 Å². The van der Waals surface area contributed by atoms with Gasteiger partial charge in [0.1, 0.15) is 0 Å². The maximum Gasteiger partial charge on any atom is 0.213 e. The molecule has 27 heavy (non-hydrogen) atoms. The molecule has 0 fully saturated rings. The van der Waals surface area contributed by atoms with Crippen LogP contribution >= 0.6 is 0 Å². The Morgan fingerprint density at radius 3 is 2.44 bits per heavy atom. The highest BCUT2D eigenvalue weighted by molar-refractivity contribution is 5.74. The lowest BCUT2D eigenvalue weighted by molar-refractivity contribution is 0.398. The van der Waals surface area contributed by atoms with Crippen LogP contribution in [0.3, 0.4) is 0 Å². The van der Waals surface area contributed by atoms with Crippen LogP contribution in [-0.2, 0) is 0 Å². The van der Waals surface area contributed by atoms with Crippen LogP contribution in [0.4, 0.5) is 17.2 Å². The molecule has 0 aliphatic rings. The summed E-state index contributed by atoms with van der Waals surface area (Å²) in [6, 6.07) is 12.1. The minimum absolute atomic E-state index is 0.566. The van der Waals surface area contributed by atoms with E-state index >= 15 is 0 Å². The van der Waals surface area contributed by atoms with Crippen LogP contribution in [0.5, 0.6) is 5.88 Å². The first-order valence-corrected chi connectivity index (χ1v) is 8.52. The number of methoxy groups -OCH3 is 1. The highest BCUT2D eigenvalue weighted by Crippen LogP contribution is 2.26. The van der Waals surface area contributed by atoms with E-state index in [4.69, 9.17) is 4.74 Å². The number of hydrogen-bond donors (Lipinski definition) is 1. The first kappa shape index (κ1) is 16.8. The maximum absolute atomic E-state index is 5.09. The third-order valence-electron chi connectivity index (χ3n) is 4.32. The van der Waals surface area contributed by atoms with Crippen molar-refractivity contribution in [3.8, 4) is 17.1 Å². The van der Waals surface area contributed by atoms with Crippen LogP contribution in [0.2, 0.25) is 0 Å². The number of imidazole rings is 1. The Morgan fingerprint density at radius 2 is 1.78 bits per heavy atom. The second kappa shape index (κ2) is 6.95. The highest BCUT2D eigenvalue weighted by atomic mass is 16.5. The molecule has 0 radical (unpaired) electrons. The Morgan fingerprint density at radius 1 is 0.963 bits per heavy atom. The van der Waals surface area contributed by atoms with E-state index in [1.165, 1.54) is 0 Å². The molecular weight excluding hydrogens is 340 g/mol. The molecule has 4 aromatic rings. The van der Waals surface area contributed by atoms with Gasteiger partial charge in [0, 0.05) is 43.8 Å². The average molecular weight is 360 g/mol. The number of fused-ring (bicyclic) bond motifs is 1. The summed E-state index contributed by atoms with van der Waals surface area (Å²) >= 11 is 0. The maximum atomic E-state index is 5.09. The molecule has 0 saturated heterocycles. The van der Waals surface area contributed by atoms with Crippen LogP contribution in [0.15, 0.2) is 61.2 Å². The fourth-order valence-electron chi connectivity index (χ4n) is 2.86. The van der Waals surface area contributed by atoms with Gasteiger partial charge in [0.25, 0.3) is 0 Å². The van der Waals surface area contributed by atoms with Crippen molar-refractivity contribution in [2.45, 2.75) is 0 Å². The van der Waals surface area contributed by atoms with Gasteiger partial charge >= 0.3 is 0 Å². The van der Waals surface area contributed by atoms with Crippen LogP contribution in [0, 0.1) is 0 Å². The zero-order chi connectivity index (χ0) is 18.8. The van der Waals surface area contributed by atoms with Gasteiger partial charge in [0.2, 0.25) is 5.88 Å². The predicted molar refractivity (Wildman–Crippen MR) is 107 cm³/mol. The first-order chi connectivity index (χ1) is 13.2. The van der Waals surface area contributed by atoms with E-state index in [1.54, 1.807) is 25.6 Å². The molecule has 7 heteroatoms. The molecule has 1 N–H and O–H groups in total. The minimum atomic E-state index is 0.566. The molecule has 7 nitrogen and oxygen atoms in total. The number of hydrogen-bond acceptors (Lipinski definition) is 6. The van der Waals surface area contributed by atoms with Crippen molar-refractivity contribution in [1.29, 1.82) is 0 Å². The Labute approximate surface area is 157 Å². The first-order valence-electron chi connectivity index (χ1n) is 8.52. The summed E-state index contributed by atoms with van der Waals surface area (Å²) in [6.07, 6.45) is 7.23. The number of benzene rings is 1. The average Bonchev–Trinajstić information content (AvgIpc) is 3.14. The lowest BCUT2D eigenvalue weighted by atomic mass is 10.1. The molecule has 0 amide bonds. The SMILES string of the molecule is COc1ccc(Nc2nccn3c(-c4ccc(N(C)C)cc4)cnc23)cn1. The molecular formula is C20H20N6O. The smallest absolute Gasteiger partial charge is 0.213 e. The van der Waals surface area contributed by atoms with Gasteiger partial charge in [0.15, 0.2) is 11.5 Å². The van der Waals surface area contributed by atoms with Gasteiger partial charge in [-0.25, -0.2) is 15.0 Å². The Balaban J connectivity index is 1.68. The molecule has 0 unspecified atom stereocenters. The van der Waals surface area contributed by atoms with Gasteiger partial charge in [0.05, 0.1) is 30.9 Å². The standard InChI is InChI=1S/C20H20N6O/c1-25(2)16-7-4-14(5-8-16)17-13-23-20-19(21-10-11-26(17)20)24-15-6-9-18(27-3)22-12-15/h4-13H,1-3H3,(H,21,24). The second-order valence-electron chi connectivity index (χ2n) is 6.27. The zero-order valence-electron chi connectivity index (χ0n) is 15.4. The van der Waals surface area contributed by atoms with Gasteiger partial charge in [-0.05, 0) is 18.2 Å². The summed E-state index contributed by atoms with van der Waals surface area (Å²) in [4.78, 5) is 15.3. The molecule has 0 aliphatic heterocycles. The van der Waals surface area contributed by atoms with Crippen molar-refractivity contribution in [1.82, 2.24) is 19.4 Å². The molecule has 0 bridgehead atoms. The van der Waals surface area contributed by atoms with Crippen LogP contribution in [0.25, 0.3) is 16.9 Å². The van der Waals surface area contributed by atoms with Crippen LogP contribution in [-0.4, -0.2) is 40.6 Å². The summed E-state index contributed by atoms with van der Waals surface area (Å²) < 4.78 is 7.12. The summed E-state index contributed by atoms with van der Waals surface area (Å²) in [5.41, 5.74) is 4.82. The number of nitrogens with one attached hydrogen (secondary N) is 1. The van der Waals surface area contributed by atoms with Crippen LogP contribution < -0.4 is 15.0 Å². The third kappa shape index (κ3) is 3.27. The van der Waals surface area contributed by atoms with Gasteiger partial charge in [-0.2, -0.15) is 0 Å². The second-order valence-corrected chi connectivity index (χ2v) is 6.27. The Hall–Kier alpha value is -3.61. The molecule has 3 aromatic heterocycles. The topological polar surface area (TPSA) is 67.6 Å². The van der Waals surface area contributed by atoms with Crippen molar-refractivity contribution in [2.24, 2.45) is 0 Å². The normalized spacial score (nSPS) is 10.8. The third-order valence-corrected chi connectivity index (χ3v) is 4.32. The molecule has 1 aromatic carbocycles. The van der Waals surface area contributed by atoms with Crippen molar-refractivity contribution < 1.29 is 4.74 Å². The van der Waals surface area contributed by atoms with E-state index in [0.29, 0.717) is 11.7 Å². The summed E-state index contributed by atoms with van der Waals surface area (Å²) in [7, 11) is 5.65. The van der Waals surface area contributed by atoms with Gasteiger partial charge in [-0.3, -0.25) is 4.40 Å². The van der Waals surface area contributed by atoms with Gasteiger partial charge in [-0.15, -0.1) is 0 Å². The number of aromatic nitrogens is 4. The largest absolute Gasteiger partial charge is 0.481 e. The lowest BCUT2D eigenvalue weighted by Gasteiger charge is -2.12. The lowest BCUT2D eigenvalue weighted by Crippen LogP contribution is -2.07. The Bertz CT molecular complexity index is 1050. The monoisotopic (exact) mass is 360 g/mol. The number of ether oxygens (including phenoxy) is 1. The van der Waals surface area contributed by atoms with Crippen molar-refractivity contribution >= 4 is 22.8 Å². The van der Waals surface area contributed by atoms with Gasteiger partial charge in [-0.1, -0.05) is 12.1 Å². The number of anilines is 3. The van der Waals surface area contributed by atoms with Crippen molar-refractivity contribution in [3.05, 3.63) is 61.2 Å². The quantitative estimate of drug-likeness (QED) is 0.586. The van der Waals surface area contributed by atoms with Gasteiger partial charge < -0.3 is 15.0 Å². The summed E-state index contributed by atoms with van der Waals surface area (Å²) in [6.45, 7) is 0. The number of nitrogens with zero attached hydrogens (tertiary/aromatic N) is 5. The van der Waals surface area contributed by atoms with E-state index in [0.717, 1.165) is 28.3 Å². The summed E-state index contributed by atoms with van der Waals surface area (Å²) in [5.74, 6) is 1.23. The Kier molecular flexibility index (Phi) is 4.33. The fraction of sp³-hybridized carbons (Fsp3) is 0.150. The minimum Gasteiger partial charge on any atom is -0.481 e. The molecule has 4 rings (SSSR count). The molecule has 0 aliphatic carbocycles. The van der Waals surface area contributed by atoms with E-state index in [-0.39, 0.29) is 0 Å². The fourth-order valence-corrected chi connectivity index (χ4v) is 2.86. The molecule has 0 atom stereocenters. The van der Waals surface area contributed by atoms with Crippen molar-refractivity contribution in [3.63, 3.8) is 0 Å². The van der Waals surface area contributed by atoms with E-state index in [1.807, 2.05) is 37.0 Å². The highest BCUT2D eigenvalue weighted by Gasteiger charge is 2.11. The predicted octanol–water partition coefficient (Wildman–Crippen LogP) is 3.61. The molecule has 0 saturated carbocycles. The number of rotatable bonds is 5. The van der Waals surface area contributed by atoms with E-state index in [2.05, 4.69) is 49.4 Å². The molecule has 3 heterocycles.